The molecule has 0 aromatic heterocycles. The van der Waals surface area contributed by atoms with Gasteiger partial charge >= 0.3 is 0 Å². The summed E-state index contributed by atoms with van der Waals surface area (Å²) < 4.78 is 0. The molecule has 0 fully saturated rings. The van der Waals surface area contributed by atoms with Crippen LogP contribution in [-0.2, 0) is 0 Å². The van der Waals surface area contributed by atoms with E-state index in [-0.39, 0.29) is 36.4 Å². The number of benzene rings is 2. The van der Waals surface area contributed by atoms with Gasteiger partial charge in [0.25, 0.3) is 0 Å². The van der Waals surface area contributed by atoms with E-state index in [1.807, 2.05) is 0 Å². The highest BCUT2D eigenvalue weighted by atomic mass is 35.5. The molecule has 7 heteroatoms. The molecule has 0 aliphatic carbocycles. The summed E-state index contributed by atoms with van der Waals surface area (Å²) in [4.78, 5) is 0. The predicted molar refractivity (Wildman–Crippen MR) is 83.6 cm³/mol. The topological polar surface area (TPSA) is 20.2 Å². The molecule has 2 aromatic rings. The maximum atomic E-state index is 10.1. The Hall–Kier alpha value is -0.0200. The van der Waals surface area contributed by atoms with Crippen molar-refractivity contribution in [1.29, 1.82) is 0 Å². The predicted octanol–water partition coefficient (Wildman–Crippen LogP) is 6.98. The van der Waals surface area contributed by atoms with E-state index in [1.54, 1.807) is 0 Å². The van der Waals surface area contributed by atoms with Gasteiger partial charge < -0.3 is 5.11 Å². The van der Waals surface area contributed by atoms with Gasteiger partial charge in [0.1, 0.15) is 10.8 Å². The van der Waals surface area contributed by atoms with Crippen LogP contribution in [0.2, 0.25) is 30.1 Å². The SMILES string of the molecule is Oc1c(Cl)c(Cl)cc(Cl)c1-c1cc(Cl)c(Cl)cc1Cl. The number of aromatic hydroxyl groups is 1. The number of rotatable bonds is 1. The molecule has 0 aliphatic rings. The average molecular weight is 377 g/mol. The number of phenols is 1. The van der Waals surface area contributed by atoms with Gasteiger partial charge in [0, 0.05) is 11.1 Å². The highest BCUT2D eigenvalue weighted by Crippen LogP contribution is 2.47. The van der Waals surface area contributed by atoms with Crippen LogP contribution >= 0.6 is 69.6 Å². The second kappa shape index (κ2) is 5.77. The number of halogens is 6. The minimum Gasteiger partial charge on any atom is -0.506 e. The normalized spacial score (nSPS) is 10.8. The van der Waals surface area contributed by atoms with Crippen molar-refractivity contribution in [3.8, 4) is 16.9 Å². The molecule has 0 spiro atoms. The number of hydrogen-bond acceptors (Lipinski definition) is 1. The second-order valence-corrected chi connectivity index (χ2v) is 6.04. The Labute approximate surface area is 139 Å². The monoisotopic (exact) mass is 374 g/mol. The van der Waals surface area contributed by atoms with E-state index >= 15 is 0 Å². The molecule has 0 saturated carbocycles. The smallest absolute Gasteiger partial charge is 0.145 e. The third kappa shape index (κ3) is 2.87. The van der Waals surface area contributed by atoms with Crippen LogP contribution in [0.5, 0.6) is 5.75 Å². The van der Waals surface area contributed by atoms with E-state index in [1.165, 1.54) is 18.2 Å². The quantitative estimate of drug-likeness (QED) is 0.532. The van der Waals surface area contributed by atoms with Gasteiger partial charge in [0.2, 0.25) is 0 Å². The Kier molecular flexibility index (Phi) is 4.67. The van der Waals surface area contributed by atoms with Gasteiger partial charge in [-0.2, -0.15) is 0 Å². The zero-order valence-electron chi connectivity index (χ0n) is 8.95. The Bertz CT molecular complexity index is 668. The van der Waals surface area contributed by atoms with E-state index in [0.29, 0.717) is 10.6 Å². The first kappa shape index (κ1) is 15.4. The number of phenolic OH excluding ortho intramolecular Hbond substituents is 1. The highest BCUT2D eigenvalue weighted by molar-refractivity contribution is 6.46. The van der Waals surface area contributed by atoms with Crippen molar-refractivity contribution in [2.75, 3.05) is 0 Å². The van der Waals surface area contributed by atoms with E-state index < -0.39 is 0 Å². The standard InChI is InChI=1S/C12H4Cl6O/c13-5-2-7(15)6(14)1-4(5)10-8(16)3-9(17)11(18)12(10)19/h1-3,19H. The molecule has 0 saturated heterocycles. The maximum absolute atomic E-state index is 10.1. The molecule has 1 nitrogen and oxygen atoms in total. The van der Waals surface area contributed by atoms with E-state index in [0.717, 1.165) is 0 Å². The van der Waals surface area contributed by atoms with Crippen molar-refractivity contribution in [3.05, 3.63) is 48.3 Å². The first-order valence-corrected chi connectivity index (χ1v) is 7.11. The van der Waals surface area contributed by atoms with Gasteiger partial charge in [-0.25, -0.2) is 0 Å². The zero-order chi connectivity index (χ0) is 14.3. The Morgan fingerprint density at radius 1 is 0.632 bits per heavy atom. The van der Waals surface area contributed by atoms with Crippen LogP contribution in [0.4, 0.5) is 0 Å². The molecule has 0 atom stereocenters. The molecule has 1 N–H and O–H groups in total. The van der Waals surface area contributed by atoms with Crippen LogP contribution in [0, 0.1) is 0 Å². The average Bonchev–Trinajstić information content (AvgIpc) is 2.33. The lowest BCUT2D eigenvalue weighted by Crippen LogP contribution is -1.86. The van der Waals surface area contributed by atoms with Gasteiger partial charge in [-0.15, -0.1) is 0 Å². The lowest BCUT2D eigenvalue weighted by Gasteiger charge is -2.12. The fourth-order valence-electron chi connectivity index (χ4n) is 1.55. The van der Waals surface area contributed by atoms with Crippen LogP contribution in [0.3, 0.4) is 0 Å². The van der Waals surface area contributed by atoms with Crippen molar-refractivity contribution in [1.82, 2.24) is 0 Å². The zero-order valence-corrected chi connectivity index (χ0v) is 13.5. The molecule has 0 radical (unpaired) electrons. The summed E-state index contributed by atoms with van der Waals surface area (Å²) in [6.45, 7) is 0. The molecule has 100 valence electrons. The molecule has 2 aromatic carbocycles. The Balaban J connectivity index is 2.80. The van der Waals surface area contributed by atoms with E-state index in [2.05, 4.69) is 0 Å². The van der Waals surface area contributed by atoms with Gasteiger partial charge in [-0.1, -0.05) is 69.6 Å². The molecule has 2 rings (SSSR count). The van der Waals surface area contributed by atoms with Crippen LogP contribution in [0.1, 0.15) is 0 Å². The van der Waals surface area contributed by atoms with Gasteiger partial charge in [-0.05, 0) is 18.2 Å². The van der Waals surface area contributed by atoms with Gasteiger partial charge in [0.15, 0.2) is 0 Å². The van der Waals surface area contributed by atoms with Crippen molar-refractivity contribution in [2.45, 2.75) is 0 Å². The molecule has 19 heavy (non-hydrogen) atoms. The minimum absolute atomic E-state index is 0.0109. The molecular weight excluding hydrogens is 373 g/mol. The Morgan fingerprint density at radius 2 is 1.16 bits per heavy atom. The van der Waals surface area contributed by atoms with Crippen LogP contribution in [0.25, 0.3) is 11.1 Å². The minimum atomic E-state index is -0.264. The third-order valence-corrected chi connectivity index (χ3v) is 4.54. The van der Waals surface area contributed by atoms with Gasteiger partial charge in [0.05, 0.1) is 25.1 Å². The van der Waals surface area contributed by atoms with Crippen LogP contribution in [-0.4, -0.2) is 5.11 Å². The van der Waals surface area contributed by atoms with Crippen LogP contribution < -0.4 is 0 Å². The molecule has 0 heterocycles. The van der Waals surface area contributed by atoms with Crippen molar-refractivity contribution in [2.24, 2.45) is 0 Å². The first-order valence-electron chi connectivity index (χ1n) is 4.84. The summed E-state index contributed by atoms with van der Waals surface area (Å²) in [6.07, 6.45) is 0. The fraction of sp³-hybridized carbons (Fsp3) is 0. The second-order valence-electron chi connectivity index (χ2n) is 3.62. The Morgan fingerprint density at radius 3 is 1.79 bits per heavy atom. The lowest BCUT2D eigenvalue weighted by atomic mass is 10.0. The van der Waals surface area contributed by atoms with Crippen molar-refractivity contribution >= 4 is 69.6 Å². The van der Waals surface area contributed by atoms with Crippen LogP contribution in [0.15, 0.2) is 18.2 Å². The van der Waals surface area contributed by atoms with E-state index in [4.69, 9.17) is 69.6 Å². The summed E-state index contributed by atoms with van der Waals surface area (Å²) in [7, 11) is 0. The molecule has 0 amide bonds. The summed E-state index contributed by atoms with van der Waals surface area (Å²) in [5.74, 6) is -0.264. The lowest BCUT2D eigenvalue weighted by molar-refractivity contribution is 0.477. The maximum Gasteiger partial charge on any atom is 0.145 e. The molecule has 0 bridgehead atoms. The summed E-state index contributed by atoms with van der Waals surface area (Å²) in [5, 5.41) is 11.3. The highest BCUT2D eigenvalue weighted by Gasteiger charge is 2.19. The molecular formula is C12H4Cl6O. The van der Waals surface area contributed by atoms with Crippen molar-refractivity contribution in [3.63, 3.8) is 0 Å². The number of hydrogen-bond donors (Lipinski definition) is 1. The first-order chi connectivity index (χ1) is 8.82. The summed E-state index contributed by atoms with van der Waals surface area (Å²) in [5.41, 5.74) is 0.664. The summed E-state index contributed by atoms with van der Waals surface area (Å²) in [6, 6.07) is 4.37. The fourth-order valence-corrected chi connectivity index (χ4v) is 2.90. The summed E-state index contributed by atoms with van der Waals surface area (Å²) >= 11 is 35.6. The van der Waals surface area contributed by atoms with Gasteiger partial charge in [-0.3, -0.25) is 0 Å². The van der Waals surface area contributed by atoms with Crippen molar-refractivity contribution < 1.29 is 5.11 Å². The largest absolute Gasteiger partial charge is 0.506 e. The molecule has 0 unspecified atom stereocenters. The van der Waals surface area contributed by atoms with E-state index in [9.17, 15) is 5.11 Å². The molecule has 0 aliphatic heterocycles. The third-order valence-electron chi connectivity index (χ3n) is 2.43.